The Hall–Kier alpha value is -10.2. The first-order valence-electron chi connectivity index (χ1n) is 33.0. The molecule has 0 unspecified atom stereocenters. The molecular weight excluding hydrogens is 1110 g/mol. The number of fused-ring (bicyclic) bond motifs is 12. The van der Waals surface area contributed by atoms with Crippen LogP contribution < -0.4 is 0 Å². The third-order valence-electron chi connectivity index (χ3n) is 18.6. The fraction of sp³-hybridized carbons (Fsp3) is 0.182. The van der Waals surface area contributed by atoms with Crippen molar-refractivity contribution < 1.29 is 0 Å². The number of hydrogen-bond donors (Lipinski definition) is 0. The van der Waals surface area contributed by atoms with Crippen LogP contribution >= 0.6 is 0 Å². The largest absolute Gasteiger partial charge is 0.309 e. The van der Waals surface area contributed by atoms with Gasteiger partial charge >= 0.3 is 0 Å². The molecule has 4 aromatic heterocycles. The van der Waals surface area contributed by atoms with Crippen LogP contribution in [0.15, 0.2) is 267 Å². The molecule has 0 spiro atoms. The normalized spacial score (nSPS) is 11.7. The number of nitrogens with zero attached hydrogens (tertiary/aromatic N) is 4. The Labute approximate surface area is 543 Å². The van der Waals surface area contributed by atoms with E-state index in [9.17, 15) is 0 Å². The number of aromatic nitrogens is 4. The Balaban J connectivity index is 0.000000112. The first-order valence-corrected chi connectivity index (χ1v) is 33.0. The van der Waals surface area contributed by atoms with Gasteiger partial charge in [0.15, 0.2) is 0 Å². The fourth-order valence-corrected chi connectivity index (χ4v) is 13.4. The van der Waals surface area contributed by atoms with E-state index in [0.717, 1.165) is 0 Å². The highest BCUT2D eigenvalue weighted by Crippen LogP contribution is 2.39. The van der Waals surface area contributed by atoms with Crippen molar-refractivity contribution in [1.82, 2.24) is 18.3 Å². The SMILES string of the molecule is Cc1ccc(-n2c3ccccc3c3cc(C(C)C)ccc32)cc1.Cc1ccc(-n2c3ccccc3c3ccc(C(C)C)cc32)cc1.Cc1cccc(-n2c3ccccc3c3cc(C(C)C)ccc32)c1.Cc1cccc(-n2c3ccccc3c3ccc(C(C)C)cc32)c1. The summed E-state index contributed by atoms with van der Waals surface area (Å²) in [5.74, 6) is 2.15. The summed E-state index contributed by atoms with van der Waals surface area (Å²) in [6, 6.07) is 97.3. The number of rotatable bonds is 8. The van der Waals surface area contributed by atoms with Gasteiger partial charge in [0.25, 0.3) is 0 Å². The average Bonchev–Trinajstić information content (AvgIpc) is 1.66. The molecule has 0 radical (unpaired) electrons. The van der Waals surface area contributed by atoms with Crippen molar-refractivity contribution in [1.29, 1.82) is 0 Å². The maximum absolute atomic E-state index is 2.39. The molecule has 0 fully saturated rings. The van der Waals surface area contributed by atoms with Gasteiger partial charge in [0.05, 0.1) is 44.1 Å². The van der Waals surface area contributed by atoms with E-state index < -0.39 is 0 Å². The van der Waals surface area contributed by atoms with Crippen LogP contribution in [-0.4, -0.2) is 18.3 Å². The third-order valence-corrected chi connectivity index (χ3v) is 18.6. The van der Waals surface area contributed by atoms with Crippen molar-refractivity contribution in [2.45, 2.75) is 107 Å². The lowest BCUT2D eigenvalue weighted by Gasteiger charge is -2.10. The van der Waals surface area contributed by atoms with E-state index >= 15 is 0 Å². The molecule has 4 heteroatoms. The molecule has 4 nitrogen and oxygen atoms in total. The second-order valence-corrected chi connectivity index (χ2v) is 26.5. The summed E-state index contributed by atoms with van der Waals surface area (Å²) in [7, 11) is 0. The van der Waals surface area contributed by atoms with E-state index in [0.29, 0.717) is 23.7 Å². The summed E-state index contributed by atoms with van der Waals surface area (Å²) in [6.07, 6.45) is 0. The van der Waals surface area contributed by atoms with E-state index in [1.807, 2.05) is 0 Å². The van der Waals surface area contributed by atoms with Gasteiger partial charge in [-0.1, -0.05) is 224 Å². The molecule has 0 aliphatic carbocycles. The van der Waals surface area contributed by atoms with Crippen LogP contribution in [0, 0.1) is 27.7 Å². The molecule has 16 rings (SSSR count). The summed E-state index contributed by atoms with van der Waals surface area (Å²) in [5, 5.41) is 10.6. The molecule has 4 heterocycles. The zero-order chi connectivity index (χ0) is 63.9. The van der Waals surface area contributed by atoms with Gasteiger partial charge in [-0.2, -0.15) is 0 Å². The average molecular weight is 1200 g/mol. The van der Waals surface area contributed by atoms with Crippen LogP contribution in [0.1, 0.15) is 124 Å². The van der Waals surface area contributed by atoms with Crippen molar-refractivity contribution in [3.05, 3.63) is 311 Å². The smallest absolute Gasteiger partial charge is 0.0543 e. The molecule has 16 aromatic rings. The van der Waals surface area contributed by atoms with Crippen molar-refractivity contribution in [3.63, 3.8) is 0 Å². The third kappa shape index (κ3) is 11.7. The molecule has 12 aromatic carbocycles. The predicted octanol–water partition coefficient (Wildman–Crippen LogP) is 24.9. The molecule has 0 saturated heterocycles. The maximum Gasteiger partial charge on any atom is 0.0543 e. The van der Waals surface area contributed by atoms with E-state index in [4.69, 9.17) is 0 Å². The predicted molar refractivity (Wildman–Crippen MR) is 398 cm³/mol. The van der Waals surface area contributed by atoms with Crippen molar-refractivity contribution in [2.75, 3.05) is 0 Å². The van der Waals surface area contributed by atoms with Crippen molar-refractivity contribution in [3.8, 4) is 22.7 Å². The summed E-state index contributed by atoms with van der Waals surface area (Å²) in [6.45, 7) is 26.6. The molecule has 0 N–H and O–H groups in total. The topological polar surface area (TPSA) is 19.7 Å². The van der Waals surface area contributed by atoms with Gasteiger partial charge in [0, 0.05) is 65.8 Å². The molecule has 0 amide bonds. The Morgan fingerprint density at radius 1 is 0.185 bits per heavy atom. The van der Waals surface area contributed by atoms with Gasteiger partial charge in [0.1, 0.15) is 0 Å². The number of hydrogen-bond acceptors (Lipinski definition) is 0. The first kappa shape index (κ1) is 60.7. The van der Waals surface area contributed by atoms with E-state index in [-0.39, 0.29) is 0 Å². The molecule has 0 saturated carbocycles. The molecule has 0 atom stereocenters. The van der Waals surface area contributed by atoms with Crippen LogP contribution in [-0.2, 0) is 0 Å². The molecule has 92 heavy (non-hydrogen) atoms. The van der Waals surface area contributed by atoms with Gasteiger partial charge in [-0.15, -0.1) is 0 Å². The highest BCUT2D eigenvalue weighted by atomic mass is 15.0. The van der Waals surface area contributed by atoms with E-state index in [2.05, 4.69) is 368 Å². The number of benzene rings is 12. The van der Waals surface area contributed by atoms with Crippen LogP contribution in [0.3, 0.4) is 0 Å². The Morgan fingerprint density at radius 3 is 0.804 bits per heavy atom. The zero-order valence-corrected chi connectivity index (χ0v) is 55.5. The van der Waals surface area contributed by atoms with Gasteiger partial charge in [0.2, 0.25) is 0 Å². The highest BCUT2D eigenvalue weighted by Gasteiger charge is 2.18. The van der Waals surface area contributed by atoms with Gasteiger partial charge in [-0.05, 0) is 194 Å². The number of aryl methyl sites for hydroxylation is 4. The van der Waals surface area contributed by atoms with Crippen LogP contribution in [0.25, 0.3) is 110 Å². The van der Waals surface area contributed by atoms with Crippen molar-refractivity contribution >= 4 is 87.2 Å². The summed E-state index contributed by atoms with van der Waals surface area (Å²) in [5.41, 5.74) is 25.8. The molecule has 0 bridgehead atoms. The minimum Gasteiger partial charge on any atom is -0.309 e. The van der Waals surface area contributed by atoms with Crippen LogP contribution in [0.2, 0.25) is 0 Å². The van der Waals surface area contributed by atoms with E-state index in [1.54, 1.807) is 0 Å². The second-order valence-electron chi connectivity index (χ2n) is 26.5. The van der Waals surface area contributed by atoms with E-state index in [1.165, 1.54) is 154 Å². The monoisotopic (exact) mass is 1200 g/mol. The first-order chi connectivity index (χ1) is 44.6. The van der Waals surface area contributed by atoms with Gasteiger partial charge < -0.3 is 18.3 Å². The van der Waals surface area contributed by atoms with Gasteiger partial charge in [-0.3, -0.25) is 0 Å². The quantitative estimate of drug-likeness (QED) is 0.144. The number of para-hydroxylation sites is 4. The van der Waals surface area contributed by atoms with Crippen LogP contribution in [0.5, 0.6) is 0 Å². The highest BCUT2D eigenvalue weighted by molar-refractivity contribution is 6.12. The minimum atomic E-state index is 0.531. The molecule has 0 aliphatic rings. The Kier molecular flexibility index (Phi) is 16.9. The maximum atomic E-state index is 2.39. The lowest BCUT2D eigenvalue weighted by atomic mass is 10.0. The molecule has 0 aliphatic heterocycles. The molecular formula is C88H84N4. The van der Waals surface area contributed by atoms with Gasteiger partial charge in [-0.25, -0.2) is 0 Å². The Morgan fingerprint density at radius 2 is 0.457 bits per heavy atom. The lowest BCUT2D eigenvalue weighted by molar-refractivity contribution is 0.867. The van der Waals surface area contributed by atoms with Crippen LogP contribution in [0.4, 0.5) is 0 Å². The minimum absolute atomic E-state index is 0.531. The summed E-state index contributed by atoms with van der Waals surface area (Å²) < 4.78 is 9.52. The summed E-state index contributed by atoms with van der Waals surface area (Å²) >= 11 is 0. The second kappa shape index (κ2) is 25.6. The standard InChI is InChI=1S/4C22H21N/c1-15(2)17-11-12-22-20(14-17)19-9-4-5-10-21(19)23(22)18-8-6-7-16(3)13-18;1-15(2)17-11-12-20-19-9-4-5-10-21(19)23(22(20)14-17)18-8-6-7-16(3)13-18;1-15(2)17-10-13-22-20(14-17)19-6-4-5-7-21(19)23(22)18-11-8-16(3)9-12-18;1-15(2)17-10-13-20-19-6-4-5-7-21(19)23(22(20)14-17)18-11-8-16(3)9-12-18/h4*4-15H,1-3H3. The molecule has 456 valence electrons. The lowest BCUT2D eigenvalue weighted by Crippen LogP contribution is -1.95. The van der Waals surface area contributed by atoms with Crippen molar-refractivity contribution in [2.24, 2.45) is 0 Å². The summed E-state index contributed by atoms with van der Waals surface area (Å²) in [4.78, 5) is 0. The Bertz CT molecular complexity index is 5310. The fourth-order valence-electron chi connectivity index (χ4n) is 13.4. The zero-order valence-electron chi connectivity index (χ0n) is 55.5.